The van der Waals surface area contributed by atoms with Gasteiger partial charge in [-0.3, -0.25) is 19.2 Å². The molecule has 0 radical (unpaired) electrons. The summed E-state index contributed by atoms with van der Waals surface area (Å²) in [6, 6.07) is 3.91. The van der Waals surface area contributed by atoms with Crippen molar-refractivity contribution in [1.82, 2.24) is 14.5 Å². The number of carbonyl (C=O) groups excluding carboxylic acids is 1. The Morgan fingerprint density at radius 2 is 2.19 bits per heavy atom. The van der Waals surface area contributed by atoms with Crippen molar-refractivity contribution in [3.05, 3.63) is 38.8 Å². The minimum atomic E-state index is -0.528. The summed E-state index contributed by atoms with van der Waals surface area (Å²) in [7, 11) is 1.59. The molecule has 1 aliphatic heterocycles. The third-order valence-electron chi connectivity index (χ3n) is 3.48. The number of aromatic nitrogens is 2. The van der Waals surface area contributed by atoms with Gasteiger partial charge in [0.15, 0.2) is 0 Å². The summed E-state index contributed by atoms with van der Waals surface area (Å²) in [6.45, 7) is 0.361. The monoisotopic (exact) mass is 292 g/mol. The second-order valence-corrected chi connectivity index (χ2v) is 4.82. The molecule has 0 saturated carbocycles. The van der Waals surface area contributed by atoms with Crippen molar-refractivity contribution in [3.63, 3.8) is 0 Å². The van der Waals surface area contributed by atoms with E-state index in [0.717, 1.165) is 0 Å². The fourth-order valence-corrected chi connectivity index (χ4v) is 2.43. The third-order valence-corrected chi connectivity index (χ3v) is 3.48. The van der Waals surface area contributed by atoms with E-state index < -0.39 is 11.0 Å². The van der Waals surface area contributed by atoms with Crippen molar-refractivity contribution >= 4 is 22.8 Å². The van der Waals surface area contributed by atoms with Crippen molar-refractivity contribution in [2.75, 3.05) is 6.61 Å². The highest BCUT2D eigenvalue weighted by Crippen LogP contribution is 2.20. The van der Waals surface area contributed by atoms with Gasteiger partial charge >= 0.3 is 11.8 Å². The number of rotatable bonds is 3. The number of hydrogen-bond donors (Lipinski definition) is 1. The molecule has 1 saturated heterocycles. The Hall–Kier alpha value is -2.84. The summed E-state index contributed by atoms with van der Waals surface area (Å²) in [6.07, 6.45) is -0.528. The highest BCUT2D eigenvalue weighted by molar-refractivity contribution is 5.79. The third kappa shape index (κ3) is 2.12. The number of cyclic esters (lactones) is 1. The van der Waals surface area contributed by atoms with Crippen molar-refractivity contribution in [2.24, 2.45) is 7.05 Å². The first-order valence-electron chi connectivity index (χ1n) is 6.24. The van der Waals surface area contributed by atoms with Gasteiger partial charge in [-0.05, 0) is 6.07 Å². The topological polar surface area (TPSA) is 108 Å². The lowest BCUT2D eigenvalue weighted by atomic mass is 10.2. The van der Waals surface area contributed by atoms with Crippen LogP contribution in [0.3, 0.4) is 0 Å². The van der Waals surface area contributed by atoms with Crippen LogP contribution in [0.1, 0.15) is 0 Å². The number of nitrogens with zero attached hydrogens (tertiary/aromatic N) is 3. The molecule has 3 rings (SSSR count). The first-order chi connectivity index (χ1) is 9.97. The van der Waals surface area contributed by atoms with Gasteiger partial charge in [0.25, 0.3) is 5.69 Å². The van der Waals surface area contributed by atoms with E-state index in [1.165, 1.54) is 27.3 Å². The number of ether oxygens (including phenoxy) is 1. The number of aryl methyl sites for hydroxylation is 1. The summed E-state index contributed by atoms with van der Waals surface area (Å²) >= 11 is 0. The van der Waals surface area contributed by atoms with Crippen LogP contribution in [0.4, 0.5) is 10.5 Å². The molecule has 1 N–H and O–H groups in total. The molecule has 21 heavy (non-hydrogen) atoms. The Bertz CT molecular complexity index is 806. The number of non-ortho nitro benzene ring substituents is 1. The molecule has 1 fully saturated rings. The number of imidazole rings is 1. The predicted octanol–water partition coefficient (Wildman–Crippen LogP) is 0.357. The minimum absolute atomic E-state index is 0.0893. The standard InChI is InChI=1S/C12H12N4O5/c1-14-9-3-2-8(16(19)20)4-10(9)15(12(14)18)5-7-6-21-11(17)13-7/h2-4,7H,5-6H2,1H3,(H,13,17). The van der Waals surface area contributed by atoms with Crippen LogP contribution in [0.25, 0.3) is 11.0 Å². The van der Waals surface area contributed by atoms with Crippen LogP contribution < -0.4 is 11.0 Å². The lowest BCUT2D eigenvalue weighted by Gasteiger charge is -2.08. The molecular weight excluding hydrogens is 280 g/mol. The molecule has 1 amide bonds. The van der Waals surface area contributed by atoms with Crippen LogP contribution in [-0.4, -0.2) is 32.8 Å². The second kappa shape index (κ2) is 4.62. The Kier molecular flexibility index (Phi) is 2.89. The molecule has 1 aromatic carbocycles. The van der Waals surface area contributed by atoms with Gasteiger partial charge in [-0.2, -0.15) is 0 Å². The Balaban J connectivity index is 2.09. The molecule has 0 aliphatic carbocycles. The van der Waals surface area contributed by atoms with E-state index in [4.69, 9.17) is 4.74 Å². The van der Waals surface area contributed by atoms with Gasteiger partial charge in [0.2, 0.25) is 0 Å². The van der Waals surface area contributed by atoms with Crippen LogP contribution in [0.5, 0.6) is 0 Å². The summed E-state index contributed by atoms with van der Waals surface area (Å²) < 4.78 is 7.60. The molecule has 9 heteroatoms. The van der Waals surface area contributed by atoms with Crippen molar-refractivity contribution in [3.8, 4) is 0 Å². The van der Waals surface area contributed by atoms with Crippen molar-refractivity contribution in [2.45, 2.75) is 12.6 Å². The zero-order valence-corrected chi connectivity index (χ0v) is 11.1. The van der Waals surface area contributed by atoms with Gasteiger partial charge in [-0.1, -0.05) is 0 Å². The zero-order chi connectivity index (χ0) is 15.1. The van der Waals surface area contributed by atoms with Gasteiger partial charge in [-0.25, -0.2) is 9.59 Å². The summed E-state index contributed by atoms with van der Waals surface area (Å²) in [5.41, 5.74) is 0.661. The van der Waals surface area contributed by atoms with E-state index in [-0.39, 0.29) is 30.6 Å². The molecule has 2 heterocycles. The van der Waals surface area contributed by atoms with E-state index in [9.17, 15) is 19.7 Å². The van der Waals surface area contributed by atoms with Crippen LogP contribution in [0.15, 0.2) is 23.0 Å². The van der Waals surface area contributed by atoms with E-state index in [1.807, 2.05) is 0 Å². The summed E-state index contributed by atoms with van der Waals surface area (Å²) in [4.78, 5) is 33.6. The van der Waals surface area contributed by atoms with E-state index >= 15 is 0 Å². The second-order valence-electron chi connectivity index (χ2n) is 4.82. The molecule has 1 aromatic heterocycles. The average molecular weight is 292 g/mol. The number of carbonyl (C=O) groups is 1. The minimum Gasteiger partial charge on any atom is -0.447 e. The molecule has 1 unspecified atom stereocenters. The maximum atomic E-state index is 12.2. The first kappa shape index (κ1) is 13.2. The molecule has 9 nitrogen and oxygen atoms in total. The normalized spacial score (nSPS) is 17.8. The Labute approximate surface area is 117 Å². The maximum absolute atomic E-state index is 12.2. The first-order valence-corrected chi connectivity index (χ1v) is 6.24. The Morgan fingerprint density at radius 3 is 2.81 bits per heavy atom. The molecule has 0 spiro atoms. The highest BCUT2D eigenvalue weighted by Gasteiger charge is 2.25. The Morgan fingerprint density at radius 1 is 1.43 bits per heavy atom. The SMILES string of the molecule is Cn1c(=O)n(CC2COC(=O)N2)c2cc([N+](=O)[O-])ccc21. The van der Waals surface area contributed by atoms with E-state index in [2.05, 4.69) is 5.32 Å². The van der Waals surface area contributed by atoms with Crippen molar-refractivity contribution < 1.29 is 14.5 Å². The fourth-order valence-electron chi connectivity index (χ4n) is 2.43. The fraction of sp³-hybridized carbons (Fsp3) is 0.333. The lowest BCUT2D eigenvalue weighted by Crippen LogP contribution is -2.35. The number of fused-ring (bicyclic) bond motifs is 1. The van der Waals surface area contributed by atoms with E-state index in [0.29, 0.717) is 11.0 Å². The number of amides is 1. The molecule has 1 aliphatic rings. The number of nitrogens with one attached hydrogen (secondary N) is 1. The summed E-state index contributed by atoms with van der Waals surface area (Å²) in [5.74, 6) is 0. The smallest absolute Gasteiger partial charge is 0.407 e. The highest BCUT2D eigenvalue weighted by atomic mass is 16.6. The van der Waals surface area contributed by atoms with Gasteiger partial charge in [-0.15, -0.1) is 0 Å². The molecule has 110 valence electrons. The lowest BCUT2D eigenvalue weighted by molar-refractivity contribution is -0.384. The number of nitro benzene ring substituents is 1. The van der Waals surface area contributed by atoms with Gasteiger partial charge < -0.3 is 10.1 Å². The summed E-state index contributed by atoms with van der Waals surface area (Å²) in [5, 5.41) is 13.4. The molecule has 0 bridgehead atoms. The predicted molar refractivity (Wildman–Crippen MR) is 72.1 cm³/mol. The van der Waals surface area contributed by atoms with Crippen LogP contribution in [0.2, 0.25) is 0 Å². The van der Waals surface area contributed by atoms with Gasteiger partial charge in [0, 0.05) is 19.2 Å². The largest absolute Gasteiger partial charge is 0.447 e. The van der Waals surface area contributed by atoms with E-state index in [1.54, 1.807) is 7.05 Å². The molecule has 2 aromatic rings. The van der Waals surface area contributed by atoms with Gasteiger partial charge in [0.1, 0.15) is 6.61 Å². The van der Waals surface area contributed by atoms with Crippen LogP contribution >= 0.6 is 0 Å². The maximum Gasteiger partial charge on any atom is 0.407 e. The number of hydrogen-bond acceptors (Lipinski definition) is 5. The quantitative estimate of drug-likeness (QED) is 0.649. The van der Waals surface area contributed by atoms with Crippen molar-refractivity contribution in [1.29, 1.82) is 0 Å². The number of benzene rings is 1. The average Bonchev–Trinajstić information content (AvgIpc) is 2.96. The molecular formula is C12H12N4O5. The zero-order valence-electron chi connectivity index (χ0n) is 11.1. The van der Waals surface area contributed by atoms with Gasteiger partial charge in [0.05, 0.1) is 28.5 Å². The number of nitro groups is 1. The van der Waals surface area contributed by atoms with Crippen LogP contribution in [-0.2, 0) is 18.3 Å². The molecule has 1 atom stereocenters. The van der Waals surface area contributed by atoms with Crippen LogP contribution in [0, 0.1) is 10.1 Å². The number of alkyl carbamates (subject to hydrolysis) is 1.